The lowest BCUT2D eigenvalue weighted by Gasteiger charge is -2.08. The van der Waals surface area contributed by atoms with Gasteiger partial charge in [-0.25, -0.2) is 4.79 Å². The van der Waals surface area contributed by atoms with Crippen molar-refractivity contribution >= 4 is 23.3 Å². The standard InChI is InChI=1S/C19H23ClN2O/c1-2-3-5-15-8-10-18(11-9-15)22-19(23)21-13-12-16-6-4-7-17(20)14-16/h4,6-11,14H,2-3,5,12-13H2,1H3,(H2,21,22,23). The molecule has 0 heterocycles. The number of carbonyl (C=O) groups excluding carboxylic acids is 1. The van der Waals surface area contributed by atoms with Crippen LogP contribution < -0.4 is 10.6 Å². The summed E-state index contributed by atoms with van der Waals surface area (Å²) in [7, 11) is 0. The van der Waals surface area contributed by atoms with E-state index in [-0.39, 0.29) is 6.03 Å². The second kappa shape index (κ2) is 9.21. The normalized spacial score (nSPS) is 10.3. The summed E-state index contributed by atoms with van der Waals surface area (Å²) >= 11 is 5.94. The quantitative estimate of drug-likeness (QED) is 0.733. The minimum atomic E-state index is -0.187. The van der Waals surface area contributed by atoms with Crippen molar-refractivity contribution in [1.82, 2.24) is 5.32 Å². The fraction of sp³-hybridized carbons (Fsp3) is 0.316. The van der Waals surface area contributed by atoms with Gasteiger partial charge in [-0.05, 0) is 54.7 Å². The van der Waals surface area contributed by atoms with Crippen LogP contribution in [0.25, 0.3) is 0 Å². The molecular weight excluding hydrogens is 308 g/mol. The summed E-state index contributed by atoms with van der Waals surface area (Å²) in [4.78, 5) is 11.9. The Morgan fingerprint density at radius 1 is 1.04 bits per heavy atom. The molecule has 0 bridgehead atoms. The van der Waals surface area contributed by atoms with Gasteiger partial charge in [0.25, 0.3) is 0 Å². The predicted molar refractivity (Wildman–Crippen MR) is 97.2 cm³/mol. The minimum Gasteiger partial charge on any atom is -0.338 e. The average molecular weight is 331 g/mol. The lowest BCUT2D eigenvalue weighted by Crippen LogP contribution is -2.30. The molecule has 2 N–H and O–H groups in total. The molecule has 2 rings (SSSR count). The summed E-state index contributed by atoms with van der Waals surface area (Å²) in [6.07, 6.45) is 4.22. The van der Waals surface area contributed by atoms with Gasteiger partial charge in [0, 0.05) is 17.3 Å². The molecule has 0 fully saturated rings. The molecule has 122 valence electrons. The third-order valence-electron chi connectivity index (χ3n) is 3.62. The molecule has 0 aliphatic heterocycles. The SMILES string of the molecule is CCCCc1ccc(NC(=O)NCCc2cccc(Cl)c2)cc1. The van der Waals surface area contributed by atoms with Crippen LogP contribution in [0.4, 0.5) is 10.5 Å². The van der Waals surface area contributed by atoms with E-state index >= 15 is 0 Å². The highest BCUT2D eigenvalue weighted by Gasteiger charge is 2.02. The van der Waals surface area contributed by atoms with Crippen LogP contribution in [0.15, 0.2) is 48.5 Å². The molecule has 2 aromatic carbocycles. The summed E-state index contributed by atoms with van der Waals surface area (Å²) in [5.74, 6) is 0. The number of amides is 2. The summed E-state index contributed by atoms with van der Waals surface area (Å²) in [5, 5.41) is 6.42. The van der Waals surface area contributed by atoms with E-state index < -0.39 is 0 Å². The van der Waals surface area contributed by atoms with Gasteiger partial charge in [0.2, 0.25) is 0 Å². The molecule has 2 aromatic rings. The Hall–Kier alpha value is -2.00. The fourth-order valence-electron chi connectivity index (χ4n) is 2.32. The van der Waals surface area contributed by atoms with Crippen molar-refractivity contribution < 1.29 is 4.79 Å². The molecule has 0 aliphatic rings. The van der Waals surface area contributed by atoms with Gasteiger partial charge in [0.05, 0.1) is 0 Å². The summed E-state index contributed by atoms with van der Waals surface area (Å²) < 4.78 is 0. The third-order valence-corrected chi connectivity index (χ3v) is 3.85. The van der Waals surface area contributed by atoms with Gasteiger partial charge in [-0.3, -0.25) is 0 Å². The second-order valence-corrected chi connectivity index (χ2v) is 6.00. The number of urea groups is 1. The number of aryl methyl sites for hydroxylation is 1. The number of unbranched alkanes of at least 4 members (excludes halogenated alkanes) is 1. The Bertz CT molecular complexity index is 626. The highest BCUT2D eigenvalue weighted by atomic mass is 35.5. The van der Waals surface area contributed by atoms with Gasteiger partial charge in [0.1, 0.15) is 0 Å². The van der Waals surface area contributed by atoms with Crippen LogP contribution in [0.3, 0.4) is 0 Å². The first-order chi connectivity index (χ1) is 11.2. The maximum Gasteiger partial charge on any atom is 0.319 e. The molecule has 0 unspecified atom stereocenters. The first-order valence-electron chi connectivity index (χ1n) is 8.05. The first kappa shape index (κ1) is 17.4. The van der Waals surface area contributed by atoms with Crippen molar-refractivity contribution in [3.63, 3.8) is 0 Å². The summed E-state index contributed by atoms with van der Waals surface area (Å²) in [6, 6.07) is 15.5. The van der Waals surface area contributed by atoms with Gasteiger partial charge < -0.3 is 10.6 Å². The lowest BCUT2D eigenvalue weighted by atomic mass is 10.1. The van der Waals surface area contributed by atoms with Gasteiger partial charge in [-0.15, -0.1) is 0 Å². The largest absolute Gasteiger partial charge is 0.338 e. The van der Waals surface area contributed by atoms with E-state index in [0.717, 1.165) is 29.1 Å². The molecule has 0 aromatic heterocycles. The maximum atomic E-state index is 11.9. The number of nitrogens with one attached hydrogen (secondary N) is 2. The molecule has 4 heteroatoms. The van der Waals surface area contributed by atoms with E-state index in [2.05, 4.69) is 29.7 Å². The zero-order valence-corrected chi connectivity index (χ0v) is 14.2. The predicted octanol–water partition coefficient (Wildman–Crippen LogP) is 5.05. The number of carbonyl (C=O) groups is 1. The highest BCUT2D eigenvalue weighted by Crippen LogP contribution is 2.12. The first-order valence-corrected chi connectivity index (χ1v) is 8.43. The van der Waals surface area contributed by atoms with Gasteiger partial charge in [-0.1, -0.05) is 49.2 Å². The Labute approximate surface area is 143 Å². The van der Waals surface area contributed by atoms with E-state index in [1.807, 2.05) is 36.4 Å². The number of benzene rings is 2. The third kappa shape index (κ3) is 6.33. The highest BCUT2D eigenvalue weighted by molar-refractivity contribution is 6.30. The number of halogens is 1. The van der Waals surface area contributed by atoms with Crippen LogP contribution >= 0.6 is 11.6 Å². The smallest absolute Gasteiger partial charge is 0.319 e. The van der Waals surface area contributed by atoms with E-state index in [1.165, 1.54) is 18.4 Å². The zero-order chi connectivity index (χ0) is 16.5. The molecule has 2 amide bonds. The fourth-order valence-corrected chi connectivity index (χ4v) is 2.54. The van der Waals surface area contributed by atoms with Crippen molar-refractivity contribution in [2.24, 2.45) is 0 Å². The molecule has 3 nitrogen and oxygen atoms in total. The minimum absolute atomic E-state index is 0.187. The van der Waals surface area contributed by atoms with Gasteiger partial charge in [-0.2, -0.15) is 0 Å². The monoisotopic (exact) mass is 330 g/mol. The van der Waals surface area contributed by atoms with Crippen LogP contribution in [-0.2, 0) is 12.8 Å². The number of rotatable bonds is 7. The summed E-state index contributed by atoms with van der Waals surface area (Å²) in [6.45, 7) is 2.75. The van der Waals surface area contributed by atoms with Gasteiger partial charge >= 0.3 is 6.03 Å². The Balaban J connectivity index is 1.74. The molecule has 0 aliphatic carbocycles. The van der Waals surface area contributed by atoms with Gasteiger partial charge in [0.15, 0.2) is 0 Å². The van der Waals surface area contributed by atoms with Crippen molar-refractivity contribution in [1.29, 1.82) is 0 Å². The van der Waals surface area contributed by atoms with Crippen LogP contribution in [-0.4, -0.2) is 12.6 Å². The molecule has 0 saturated heterocycles. The molecule has 0 radical (unpaired) electrons. The number of hydrogen-bond donors (Lipinski definition) is 2. The van der Waals surface area contributed by atoms with E-state index in [4.69, 9.17) is 11.6 Å². The Morgan fingerprint density at radius 2 is 1.83 bits per heavy atom. The van der Waals surface area contributed by atoms with E-state index in [0.29, 0.717) is 6.54 Å². The Morgan fingerprint density at radius 3 is 2.52 bits per heavy atom. The van der Waals surface area contributed by atoms with Crippen LogP contribution in [0.2, 0.25) is 5.02 Å². The van der Waals surface area contributed by atoms with Crippen molar-refractivity contribution in [3.05, 3.63) is 64.7 Å². The van der Waals surface area contributed by atoms with Crippen LogP contribution in [0.5, 0.6) is 0 Å². The number of anilines is 1. The molecule has 0 spiro atoms. The van der Waals surface area contributed by atoms with E-state index in [9.17, 15) is 4.79 Å². The maximum absolute atomic E-state index is 11.9. The van der Waals surface area contributed by atoms with E-state index in [1.54, 1.807) is 0 Å². The molecular formula is C19H23ClN2O. The zero-order valence-electron chi connectivity index (χ0n) is 13.4. The average Bonchev–Trinajstić information content (AvgIpc) is 2.54. The molecule has 0 saturated carbocycles. The number of hydrogen-bond acceptors (Lipinski definition) is 1. The Kier molecular flexibility index (Phi) is 6.95. The van der Waals surface area contributed by atoms with Crippen LogP contribution in [0, 0.1) is 0 Å². The van der Waals surface area contributed by atoms with Crippen LogP contribution in [0.1, 0.15) is 30.9 Å². The molecule has 23 heavy (non-hydrogen) atoms. The summed E-state index contributed by atoms with van der Waals surface area (Å²) in [5.41, 5.74) is 3.22. The lowest BCUT2D eigenvalue weighted by molar-refractivity contribution is 0.252. The second-order valence-electron chi connectivity index (χ2n) is 5.56. The van der Waals surface area contributed by atoms with Crippen molar-refractivity contribution in [3.8, 4) is 0 Å². The topological polar surface area (TPSA) is 41.1 Å². The molecule has 0 atom stereocenters. The van der Waals surface area contributed by atoms with Crippen molar-refractivity contribution in [2.75, 3.05) is 11.9 Å². The van der Waals surface area contributed by atoms with Crippen molar-refractivity contribution in [2.45, 2.75) is 32.6 Å².